The highest BCUT2D eigenvalue weighted by Crippen LogP contribution is 2.04. The molecule has 0 atom stereocenters. The van der Waals surface area contributed by atoms with Gasteiger partial charge in [-0.2, -0.15) is 5.10 Å². The van der Waals surface area contributed by atoms with Crippen molar-refractivity contribution in [3.05, 3.63) is 17.5 Å². The Morgan fingerprint density at radius 3 is 2.75 bits per heavy atom. The Kier molecular flexibility index (Phi) is 4.68. The summed E-state index contributed by atoms with van der Waals surface area (Å²) in [4.78, 5) is 11.7. The second-order valence-electron chi connectivity index (χ2n) is 4.36. The maximum Gasteiger partial charge on any atom is 0.152 e. The number of ketones is 1. The number of rotatable bonds is 6. The Bertz CT molecular complexity index is 355. The van der Waals surface area contributed by atoms with E-state index in [-0.39, 0.29) is 5.78 Å². The standard InChI is InChI=1S/C12H21N3O/c1-5-10-6-11(15(4)14-10)7-12(16)8-13-9(2)3/h6,9,13H,5,7-8H2,1-4H3. The van der Waals surface area contributed by atoms with Crippen molar-refractivity contribution in [2.24, 2.45) is 7.05 Å². The summed E-state index contributed by atoms with van der Waals surface area (Å²) in [6.45, 7) is 6.57. The molecule has 16 heavy (non-hydrogen) atoms. The van der Waals surface area contributed by atoms with Crippen molar-refractivity contribution in [3.63, 3.8) is 0 Å². The van der Waals surface area contributed by atoms with Crippen LogP contribution in [0.3, 0.4) is 0 Å². The molecule has 0 bridgehead atoms. The third-order valence-corrected chi connectivity index (χ3v) is 2.48. The number of nitrogens with zero attached hydrogens (tertiary/aromatic N) is 2. The lowest BCUT2D eigenvalue weighted by atomic mass is 10.2. The fourth-order valence-corrected chi connectivity index (χ4v) is 1.49. The predicted molar refractivity (Wildman–Crippen MR) is 64.4 cm³/mol. The van der Waals surface area contributed by atoms with Crippen LogP contribution in [0.5, 0.6) is 0 Å². The molecule has 0 aromatic carbocycles. The molecule has 1 heterocycles. The number of carbonyl (C=O) groups is 1. The molecule has 1 aromatic heterocycles. The number of hydrogen-bond acceptors (Lipinski definition) is 3. The zero-order valence-corrected chi connectivity index (χ0v) is 10.6. The van der Waals surface area contributed by atoms with Gasteiger partial charge in [0.25, 0.3) is 0 Å². The Morgan fingerprint density at radius 1 is 1.56 bits per heavy atom. The van der Waals surface area contributed by atoms with Crippen molar-refractivity contribution >= 4 is 5.78 Å². The first kappa shape index (κ1) is 12.9. The molecule has 0 saturated carbocycles. The Morgan fingerprint density at radius 2 is 2.25 bits per heavy atom. The highest BCUT2D eigenvalue weighted by atomic mass is 16.1. The van der Waals surface area contributed by atoms with Crippen LogP contribution in [0.1, 0.15) is 32.2 Å². The molecule has 0 unspecified atom stereocenters. The average Bonchev–Trinajstić information content (AvgIpc) is 2.57. The molecule has 1 rings (SSSR count). The molecule has 0 aliphatic heterocycles. The minimum Gasteiger partial charge on any atom is -0.308 e. The van der Waals surface area contributed by atoms with Gasteiger partial charge in [-0.25, -0.2) is 0 Å². The fourth-order valence-electron chi connectivity index (χ4n) is 1.49. The van der Waals surface area contributed by atoms with Crippen molar-refractivity contribution in [1.82, 2.24) is 15.1 Å². The number of nitrogens with one attached hydrogen (secondary N) is 1. The molecule has 0 amide bonds. The van der Waals surface area contributed by atoms with E-state index in [4.69, 9.17) is 0 Å². The summed E-state index contributed by atoms with van der Waals surface area (Å²) in [7, 11) is 1.89. The van der Waals surface area contributed by atoms with E-state index in [1.807, 2.05) is 27.0 Å². The maximum atomic E-state index is 11.7. The third-order valence-electron chi connectivity index (χ3n) is 2.48. The van der Waals surface area contributed by atoms with Crippen LogP contribution in [0, 0.1) is 0 Å². The van der Waals surface area contributed by atoms with Gasteiger partial charge in [-0.05, 0) is 12.5 Å². The van der Waals surface area contributed by atoms with E-state index in [9.17, 15) is 4.79 Å². The summed E-state index contributed by atoms with van der Waals surface area (Å²) < 4.78 is 1.80. The van der Waals surface area contributed by atoms with Crippen molar-refractivity contribution in [2.45, 2.75) is 39.7 Å². The first-order chi connectivity index (χ1) is 7.52. The Hall–Kier alpha value is -1.16. The van der Waals surface area contributed by atoms with Gasteiger partial charge >= 0.3 is 0 Å². The summed E-state index contributed by atoms with van der Waals surface area (Å²) in [5.41, 5.74) is 2.04. The van der Waals surface area contributed by atoms with E-state index < -0.39 is 0 Å². The topological polar surface area (TPSA) is 46.9 Å². The summed E-state index contributed by atoms with van der Waals surface area (Å²) in [6.07, 6.45) is 1.37. The lowest BCUT2D eigenvalue weighted by Gasteiger charge is -2.06. The van der Waals surface area contributed by atoms with Crippen molar-refractivity contribution < 1.29 is 4.79 Å². The second kappa shape index (κ2) is 5.80. The molecular weight excluding hydrogens is 202 g/mol. The van der Waals surface area contributed by atoms with Gasteiger partial charge in [0.05, 0.1) is 12.2 Å². The van der Waals surface area contributed by atoms with E-state index in [2.05, 4.69) is 17.3 Å². The lowest BCUT2D eigenvalue weighted by molar-refractivity contribution is -0.117. The lowest BCUT2D eigenvalue weighted by Crippen LogP contribution is -2.30. The van der Waals surface area contributed by atoms with Gasteiger partial charge in [-0.1, -0.05) is 20.8 Å². The molecule has 0 saturated heterocycles. The van der Waals surface area contributed by atoms with E-state index in [0.717, 1.165) is 17.8 Å². The van der Waals surface area contributed by atoms with Gasteiger partial charge in [0.1, 0.15) is 0 Å². The maximum absolute atomic E-state index is 11.7. The number of Topliss-reactive ketones (excluding diaryl/α,β-unsaturated/α-hetero) is 1. The molecule has 0 aliphatic rings. The van der Waals surface area contributed by atoms with Crippen molar-refractivity contribution in [2.75, 3.05) is 6.54 Å². The first-order valence-corrected chi connectivity index (χ1v) is 5.79. The molecule has 4 heteroatoms. The largest absolute Gasteiger partial charge is 0.308 e. The molecule has 0 fully saturated rings. The van der Waals surface area contributed by atoms with Gasteiger partial charge in [0, 0.05) is 25.2 Å². The quantitative estimate of drug-likeness (QED) is 0.785. The SMILES string of the molecule is CCc1cc(CC(=O)CNC(C)C)n(C)n1. The van der Waals surface area contributed by atoms with Gasteiger partial charge < -0.3 is 5.32 Å². The molecule has 90 valence electrons. The molecule has 0 aliphatic carbocycles. The normalized spacial score (nSPS) is 11.1. The van der Waals surface area contributed by atoms with Crippen molar-refractivity contribution in [1.29, 1.82) is 0 Å². The number of carbonyl (C=O) groups excluding carboxylic acids is 1. The van der Waals surface area contributed by atoms with Gasteiger partial charge in [0.2, 0.25) is 0 Å². The van der Waals surface area contributed by atoms with Crippen LogP contribution >= 0.6 is 0 Å². The number of aryl methyl sites for hydroxylation is 2. The van der Waals surface area contributed by atoms with Crippen LogP contribution < -0.4 is 5.32 Å². The average molecular weight is 223 g/mol. The van der Waals surface area contributed by atoms with Crippen LogP contribution in [-0.2, 0) is 24.7 Å². The van der Waals surface area contributed by atoms with E-state index >= 15 is 0 Å². The summed E-state index contributed by atoms with van der Waals surface area (Å²) >= 11 is 0. The Labute approximate surface area is 97.0 Å². The zero-order chi connectivity index (χ0) is 12.1. The van der Waals surface area contributed by atoms with E-state index in [1.165, 1.54) is 0 Å². The van der Waals surface area contributed by atoms with E-state index in [0.29, 0.717) is 19.0 Å². The summed E-state index contributed by atoms with van der Waals surface area (Å²) in [5, 5.41) is 7.45. The minimum atomic E-state index is 0.208. The van der Waals surface area contributed by atoms with Gasteiger partial charge in [-0.3, -0.25) is 9.48 Å². The fraction of sp³-hybridized carbons (Fsp3) is 0.667. The van der Waals surface area contributed by atoms with Crippen molar-refractivity contribution in [3.8, 4) is 0 Å². The second-order valence-corrected chi connectivity index (χ2v) is 4.36. The third kappa shape index (κ3) is 3.77. The van der Waals surface area contributed by atoms with E-state index in [1.54, 1.807) is 4.68 Å². The molecule has 1 aromatic rings. The van der Waals surface area contributed by atoms with Crippen LogP contribution in [-0.4, -0.2) is 28.2 Å². The number of hydrogen-bond donors (Lipinski definition) is 1. The predicted octanol–water partition coefficient (Wildman–Crippen LogP) is 1.09. The summed E-state index contributed by atoms with van der Waals surface area (Å²) in [6, 6.07) is 2.36. The molecule has 0 spiro atoms. The highest BCUT2D eigenvalue weighted by Gasteiger charge is 2.09. The zero-order valence-electron chi connectivity index (χ0n) is 10.6. The van der Waals surface area contributed by atoms with Crippen LogP contribution in [0.4, 0.5) is 0 Å². The van der Waals surface area contributed by atoms with Crippen LogP contribution in [0.15, 0.2) is 6.07 Å². The Balaban J connectivity index is 2.52. The monoisotopic (exact) mass is 223 g/mol. The molecule has 4 nitrogen and oxygen atoms in total. The number of aromatic nitrogens is 2. The molecule has 1 N–H and O–H groups in total. The van der Waals surface area contributed by atoms with Crippen LogP contribution in [0.2, 0.25) is 0 Å². The van der Waals surface area contributed by atoms with Crippen LogP contribution in [0.25, 0.3) is 0 Å². The smallest absolute Gasteiger partial charge is 0.152 e. The summed E-state index contributed by atoms with van der Waals surface area (Å²) in [5.74, 6) is 0.208. The minimum absolute atomic E-state index is 0.208. The first-order valence-electron chi connectivity index (χ1n) is 5.79. The molecule has 0 radical (unpaired) electrons. The highest BCUT2D eigenvalue weighted by molar-refractivity contribution is 5.82. The van der Waals surface area contributed by atoms with Gasteiger partial charge in [-0.15, -0.1) is 0 Å². The molecular formula is C12H21N3O. The van der Waals surface area contributed by atoms with Gasteiger partial charge in [0.15, 0.2) is 5.78 Å².